The number of methoxy groups -OCH3 is 1. The summed E-state index contributed by atoms with van der Waals surface area (Å²) in [5.41, 5.74) is 1.52. The van der Waals surface area contributed by atoms with E-state index < -0.39 is 0 Å². The summed E-state index contributed by atoms with van der Waals surface area (Å²) in [6.45, 7) is 0. The van der Waals surface area contributed by atoms with Crippen LogP contribution in [0.3, 0.4) is 0 Å². The summed E-state index contributed by atoms with van der Waals surface area (Å²) in [5.74, 6) is 0.416. The van der Waals surface area contributed by atoms with E-state index in [1.165, 1.54) is 6.08 Å². The van der Waals surface area contributed by atoms with E-state index in [-0.39, 0.29) is 5.91 Å². The second-order valence-corrected chi connectivity index (χ2v) is 3.81. The molecule has 4 nitrogen and oxygen atoms in total. The minimum absolute atomic E-state index is 0.214. The molecular weight excluding hydrogens is 240 g/mol. The van der Waals surface area contributed by atoms with Crippen molar-refractivity contribution in [2.75, 3.05) is 12.4 Å². The number of hydrogen-bond acceptors (Lipinski definition) is 3. The Bertz CT molecular complexity index is 580. The van der Waals surface area contributed by atoms with Crippen LogP contribution in [0.2, 0.25) is 0 Å². The molecule has 1 aromatic heterocycles. The molecule has 2 rings (SSSR count). The predicted octanol–water partition coefficient (Wildman–Crippen LogP) is 2.74. The average Bonchev–Trinajstić information content (AvgIpc) is 2.47. The number of nitrogens with zero attached hydrogens (tertiary/aromatic N) is 1. The van der Waals surface area contributed by atoms with Crippen LogP contribution < -0.4 is 10.1 Å². The second-order valence-electron chi connectivity index (χ2n) is 3.81. The van der Waals surface area contributed by atoms with Crippen LogP contribution in [0.25, 0.3) is 6.08 Å². The fraction of sp³-hybridized carbons (Fsp3) is 0.0667. The zero-order chi connectivity index (χ0) is 13.5. The highest BCUT2D eigenvalue weighted by Gasteiger charge is 2.03. The molecule has 96 valence electrons. The van der Waals surface area contributed by atoms with Gasteiger partial charge in [-0.3, -0.25) is 9.78 Å². The Balaban J connectivity index is 2.04. The summed E-state index contributed by atoms with van der Waals surface area (Å²) < 4.78 is 5.16. The Hall–Kier alpha value is -2.62. The van der Waals surface area contributed by atoms with Gasteiger partial charge in [-0.2, -0.15) is 0 Å². The SMILES string of the molecule is COc1ccccc1NC(=O)/C=C/c1cccnc1. The molecule has 0 bridgehead atoms. The predicted molar refractivity (Wildman–Crippen MR) is 74.9 cm³/mol. The molecule has 2 aromatic rings. The molecule has 1 heterocycles. The fourth-order valence-corrected chi connectivity index (χ4v) is 1.57. The van der Waals surface area contributed by atoms with E-state index >= 15 is 0 Å². The van der Waals surface area contributed by atoms with Gasteiger partial charge in [-0.25, -0.2) is 0 Å². The van der Waals surface area contributed by atoms with Crippen LogP contribution in [-0.2, 0) is 4.79 Å². The Morgan fingerprint density at radius 2 is 2.11 bits per heavy atom. The van der Waals surface area contributed by atoms with Crippen LogP contribution >= 0.6 is 0 Å². The lowest BCUT2D eigenvalue weighted by Crippen LogP contribution is -2.08. The van der Waals surface area contributed by atoms with Gasteiger partial charge in [0.25, 0.3) is 0 Å². The maximum Gasteiger partial charge on any atom is 0.248 e. The van der Waals surface area contributed by atoms with Crippen molar-refractivity contribution >= 4 is 17.7 Å². The Morgan fingerprint density at radius 3 is 2.84 bits per heavy atom. The summed E-state index contributed by atoms with van der Waals surface area (Å²) >= 11 is 0. The number of anilines is 1. The molecule has 0 radical (unpaired) electrons. The first-order chi connectivity index (χ1) is 9.29. The topological polar surface area (TPSA) is 51.2 Å². The minimum Gasteiger partial charge on any atom is -0.495 e. The first-order valence-electron chi connectivity index (χ1n) is 5.81. The highest BCUT2D eigenvalue weighted by Crippen LogP contribution is 2.22. The number of hydrogen-bond donors (Lipinski definition) is 1. The highest BCUT2D eigenvalue weighted by atomic mass is 16.5. The number of pyridine rings is 1. The molecule has 0 spiro atoms. The van der Waals surface area contributed by atoms with Crippen molar-refractivity contribution in [2.24, 2.45) is 0 Å². The number of para-hydroxylation sites is 2. The lowest BCUT2D eigenvalue weighted by molar-refractivity contribution is -0.111. The van der Waals surface area contributed by atoms with Gasteiger partial charge in [0.1, 0.15) is 5.75 Å². The number of amides is 1. The first-order valence-corrected chi connectivity index (χ1v) is 5.81. The standard InChI is InChI=1S/C15H14N2O2/c1-19-14-7-3-2-6-13(14)17-15(18)9-8-12-5-4-10-16-11-12/h2-11H,1H3,(H,17,18)/b9-8+. The smallest absolute Gasteiger partial charge is 0.248 e. The summed E-state index contributed by atoms with van der Waals surface area (Å²) in [6.07, 6.45) is 6.54. The Kier molecular flexibility index (Phi) is 4.29. The molecule has 0 aliphatic heterocycles. The highest BCUT2D eigenvalue weighted by molar-refractivity contribution is 6.02. The van der Waals surface area contributed by atoms with Crippen molar-refractivity contribution in [1.82, 2.24) is 4.98 Å². The van der Waals surface area contributed by atoms with E-state index in [1.807, 2.05) is 24.3 Å². The van der Waals surface area contributed by atoms with Gasteiger partial charge >= 0.3 is 0 Å². The summed E-state index contributed by atoms with van der Waals surface area (Å²) in [5, 5.41) is 2.76. The maximum absolute atomic E-state index is 11.8. The third-order valence-corrected chi connectivity index (χ3v) is 2.48. The van der Waals surface area contributed by atoms with Gasteiger partial charge in [0.05, 0.1) is 12.8 Å². The summed E-state index contributed by atoms with van der Waals surface area (Å²) in [4.78, 5) is 15.8. The number of carbonyl (C=O) groups excluding carboxylic acids is 1. The van der Waals surface area contributed by atoms with Gasteiger partial charge in [0.2, 0.25) is 5.91 Å². The third kappa shape index (κ3) is 3.67. The van der Waals surface area contributed by atoms with E-state index in [9.17, 15) is 4.79 Å². The van der Waals surface area contributed by atoms with Crippen molar-refractivity contribution in [2.45, 2.75) is 0 Å². The summed E-state index contributed by atoms with van der Waals surface area (Å²) in [7, 11) is 1.57. The molecule has 1 aromatic carbocycles. The molecule has 0 saturated carbocycles. The first kappa shape index (κ1) is 12.8. The van der Waals surface area contributed by atoms with Crippen LogP contribution in [0.4, 0.5) is 5.69 Å². The van der Waals surface area contributed by atoms with E-state index in [0.717, 1.165) is 5.56 Å². The molecule has 0 aliphatic rings. The van der Waals surface area contributed by atoms with Crippen LogP contribution in [0, 0.1) is 0 Å². The second kappa shape index (κ2) is 6.35. The quantitative estimate of drug-likeness (QED) is 0.853. The number of rotatable bonds is 4. The van der Waals surface area contributed by atoms with Crippen molar-refractivity contribution < 1.29 is 9.53 Å². The molecule has 0 atom stereocenters. The molecule has 0 saturated heterocycles. The normalized spacial score (nSPS) is 10.4. The summed E-state index contributed by atoms with van der Waals surface area (Å²) in [6, 6.07) is 11.0. The molecular formula is C15H14N2O2. The Morgan fingerprint density at radius 1 is 1.26 bits per heavy atom. The van der Waals surface area contributed by atoms with Crippen LogP contribution in [0.1, 0.15) is 5.56 Å². The van der Waals surface area contributed by atoms with E-state index in [0.29, 0.717) is 11.4 Å². The lowest BCUT2D eigenvalue weighted by Gasteiger charge is -2.07. The van der Waals surface area contributed by atoms with Gasteiger partial charge < -0.3 is 10.1 Å². The number of ether oxygens (including phenoxy) is 1. The van der Waals surface area contributed by atoms with Gasteiger partial charge in [0.15, 0.2) is 0 Å². The molecule has 1 N–H and O–H groups in total. The molecule has 1 amide bonds. The third-order valence-electron chi connectivity index (χ3n) is 2.48. The number of carbonyl (C=O) groups is 1. The number of benzene rings is 1. The molecule has 0 fully saturated rings. The van der Waals surface area contributed by atoms with Crippen molar-refractivity contribution in [1.29, 1.82) is 0 Å². The largest absolute Gasteiger partial charge is 0.495 e. The van der Waals surface area contributed by atoms with Gasteiger partial charge in [-0.05, 0) is 29.8 Å². The van der Waals surface area contributed by atoms with Crippen LogP contribution in [0.15, 0.2) is 54.9 Å². The zero-order valence-corrected chi connectivity index (χ0v) is 10.5. The van der Waals surface area contributed by atoms with Crippen LogP contribution in [0.5, 0.6) is 5.75 Å². The van der Waals surface area contributed by atoms with Crippen LogP contribution in [-0.4, -0.2) is 18.0 Å². The average molecular weight is 254 g/mol. The lowest BCUT2D eigenvalue weighted by atomic mass is 10.2. The van der Waals surface area contributed by atoms with Gasteiger partial charge in [-0.1, -0.05) is 18.2 Å². The van der Waals surface area contributed by atoms with Gasteiger partial charge in [-0.15, -0.1) is 0 Å². The number of nitrogens with one attached hydrogen (secondary N) is 1. The molecule has 4 heteroatoms. The van der Waals surface area contributed by atoms with E-state index in [2.05, 4.69) is 10.3 Å². The van der Waals surface area contributed by atoms with E-state index in [1.54, 1.807) is 37.7 Å². The molecule has 0 aliphatic carbocycles. The number of aromatic nitrogens is 1. The Labute approximate surface area is 111 Å². The van der Waals surface area contributed by atoms with Crippen molar-refractivity contribution in [3.63, 3.8) is 0 Å². The van der Waals surface area contributed by atoms with Crippen molar-refractivity contribution in [3.8, 4) is 5.75 Å². The van der Waals surface area contributed by atoms with E-state index in [4.69, 9.17) is 4.74 Å². The maximum atomic E-state index is 11.8. The minimum atomic E-state index is -0.214. The monoisotopic (exact) mass is 254 g/mol. The van der Waals surface area contributed by atoms with Crippen molar-refractivity contribution in [3.05, 3.63) is 60.4 Å². The molecule has 0 unspecified atom stereocenters. The van der Waals surface area contributed by atoms with Gasteiger partial charge in [0, 0.05) is 18.5 Å². The zero-order valence-electron chi connectivity index (χ0n) is 10.5. The fourth-order valence-electron chi connectivity index (χ4n) is 1.57. The molecule has 19 heavy (non-hydrogen) atoms.